The number of unbranched alkanes of at least 4 members (excludes halogenated alkanes) is 2. The quantitative estimate of drug-likeness (QED) is 0.644. The van der Waals surface area contributed by atoms with Gasteiger partial charge in [-0.1, -0.05) is 19.3 Å². The highest BCUT2D eigenvalue weighted by Crippen LogP contribution is 2.38. The molecule has 1 rings (SSSR count). The second-order valence-corrected chi connectivity index (χ2v) is 5.84. The van der Waals surface area contributed by atoms with Crippen LogP contribution in [-0.4, -0.2) is 32.7 Å². The predicted molar refractivity (Wildman–Crippen MR) is 85.2 cm³/mol. The first-order valence-electron chi connectivity index (χ1n) is 7.68. The summed E-state index contributed by atoms with van der Waals surface area (Å²) in [6.45, 7) is 2.24. The molecule has 1 fully saturated rings. The SMILES string of the molecule is COCCCCCNC(=O)CC1(CN)CCCCC1.Cl. The van der Waals surface area contributed by atoms with Crippen LogP contribution in [0.2, 0.25) is 0 Å². The number of nitrogens with one attached hydrogen (secondary N) is 1. The summed E-state index contributed by atoms with van der Waals surface area (Å²) in [5.74, 6) is 0.180. The zero-order valence-electron chi connectivity index (χ0n) is 12.8. The Morgan fingerprint density at radius 3 is 2.50 bits per heavy atom. The number of methoxy groups -OCH3 is 1. The lowest BCUT2D eigenvalue weighted by atomic mass is 9.71. The number of carbonyl (C=O) groups excluding carboxylic acids is 1. The molecule has 0 aliphatic heterocycles. The molecule has 0 heterocycles. The molecule has 0 aromatic rings. The van der Waals surface area contributed by atoms with Crippen molar-refractivity contribution in [3.63, 3.8) is 0 Å². The van der Waals surface area contributed by atoms with E-state index in [-0.39, 0.29) is 23.7 Å². The molecule has 0 aromatic carbocycles. The molecule has 1 aliphatic rings. The fourth-order valence-corrected chi connectivity index (χ4v) is 2.93. The molecule has 0 atom stereocenters. The highest BCUT2D eigenvalue weighted by molar-refractivity contribution is 5.85. The molecule has 0 spiro atoms. The van der Waals surface area contributed by atoms with Crippen LogP contribution in [0.25, 0.3) is 0 Å². The van der Waals surface area contributed by atoms with Crippen LogP contribution in [0.15, 0.2) is 0 Å². The van der Waals surface area contributed by atoms with Crippen molar-refractivity contribution in [2.75, 3.05) is 26.8 Å². The van der Waals surface area contributed by atoms with Crippen molar-refractivity contribution in [3.8, 4) is 0 Å². The summed E-state index contributed by atoms with van der Waals surface area (Å²) in [4.78, 5) is 12.0. The summed E-state index contributed by atoms with van der Waals surface area (Å²) in [7, 11) is 1.72. The maximum atomic E-state index is 12.0. The van der Waals surface area contributed by atoms with Gasteiger partial charge in [0, 0.05) is 26.7 Å². The third-order valence-electron chi connectivity index (χ3n) is 4.23. The maximum Gasteiger partial charge on any atom is 0.220 e. The van der Waals surface area contributed by atoms with Gasteiger partial charge in [-0.15, -0.1) is 12.4 Å². The molecule has 120 valence electrons. The van der Waals surface area contributed by atoms with Crippen LogP contribution in [0.3, 0.4) is 0 Å². The van der Waals surface area contributed by atoms with Gasteiger partial charge in [-0.2, -0.15) is 0 Å². The van der Waals surface area contributed by atoms with Gasteiger partial charge < -0.3 is 15.8 Å². The van der Waals surface area contributed by atoms with E-state index < -0.39 is 0 Å². The second-order valence-electron chi connectivity index (χ2n) is 5.84. The number of nitrogens with two attached hydrogens (primary N) is 1. The molecule has 1 amide bonds. The molecule has 20 heavy (non-hydrogen) atoms. The number of hydrogen-bond donors (Lipinski definition) is 2. The van der Waals surface area contributed by atoms with Crippen LogP contribution in [0.1, 0.15) is 57.8 Å². The third-order valence-corrected chi connectivity index (χ3v) is 4.23. The highest BCUT2D eigenvalue weighted by atomic mass is 35.5. The molecule has 0 radical (unpaired) electrons. The highest BCUT2D eigenvalue weighted by Gasteiger charge is 2.32. The van der Waals surface area contributed by atoms with Crippen molar-refractivity contribution in [2.24, 2.45) is 11.1 Å². The van der Waals surface area contributed by atoms with Gasteiger partial charge in [0.25, 0.3) is 0 Å². The molecular weight excluding hydrogens is 276 g/mol. The summed E-state index contributed by atoms with van der Waals surface area (Å²) in [6.07, 6.45) is 9.79. The molecule has 0 unspecified atom stereocenters. The van der Waals surface area contributed by atoms with E-state index in [1.165, 1.54) is 19.3 Å². The molecule has 3 N–H and O–H groups in total. The zero-order valence-corrected chi connectivity index (χ0v) is 13.6. The fourth-order valence-electron chi connectivity index (χ4n) is 2.93. The molecule has 1 saturated carbocycles. The van der Waals surface area contributed by atoms with Crippen LogP contribution in [0, 0.1) is 5.41 Å². The lowest BCUT2D eigenvalue weighted by molar-refractivity contribution is -0.123. The first-order valence-corrected chi connectivity index (χ1v) is 7.68. The van der Waals surface area contributed by atoms with Crippen molar-refractivity contribution >= 4 is 18.3 Å². The van der Waals surface area contributed by atoms with E-state index in [4.69, 9.17) is 10.5 Å². The first-order chi connectivity index (χ1) is 9.22. The molecule has 0 bridgehead atoms. The van der Waals surface area contributed by atoms with Crippen LogP contribution in [0.4, 0.5) is 0 Å². The van der Waals surface area contributed by atoms with E-state index in [1.54, 1.807) is 7.11 Å². The molecular formula is C15H31ClN2O2. The Labute approximate surface area is 129 Å². The van der Waals surface area contributed by atoms with Gasteiger partial charge in [0.2, 0.25) is 5.91 Å². The van der Waals surface area contributed by atoms with E-state index in [9.17, 15) is 4.79 Å². The van der Waals surface area contributed by atoms with Crippen LogP contribution < -0.4 is 11.1 Å². The Balaban J connectivity index is 0.00000361. The second kappa shape index (κ2) is 11.4. The molecule has 0 saturated heterocycles. The van der Waals surface area contributed by atoms with Gasteiger partial charge >= 0.3 is 0 Å². The Morgan fingerprint density at radius 1 is 1.20 bits per heavy atom. The number of ether oxygens (including phenoxy) is 1. The summed E-state index contributed by atoms with van der Waals surface area (Å²) in [5, 5.41) is 3.03. The van der Waals surface area contributed by atoms with E-state index in [0.29, 0.717) is 13.0 Å². The lowest BCUT2D eigenvalue weighted by Gasteiger charge is -2.35. The van der Waals surface area contributed by atoms with Crippen molar-refractivity contribution in [1.82, 2.24) is 5.32 Å². The van der Waals surface area contributed by atoms with Crippen molar-refractivity contribution in [3.05, 3.63) is 0 Å². The Hall–Kier alpha value is -0.320. The van der Waals surface area contributed by atoms with Crippen molar-refractivity contribution in [2.45, 2.75) is 57.8 Å². The summed E-state index contributed by atoms with van der Waals surface area (Å²) >= 11 is 0. The van der Waals surface area contributed by atoms with Gasteiger partial charge in [0.05, 0.1) is 0 Å². The standard InChI is InChI=1S/C15H30N2O2.ClH/c1-19-11-7-3-6-10-17-14(18)12-15(13-16)8-4-2-5-9-15;/h2-13,16H2,1H3,(H,17,18);1H. The fraction of sp³-hybridized carbons (Fsp3) is 0.933. The van der Waals surface area contributed by atoms with Gasteiger partial charge in [-0.3, -0.25) is 4.79 Å². The van der Waals surface area contributed by atoms with Gasteiger partial charge in [0.15, 0.2) is 0 Å². The lowest BCUT2D eigenvalue weighted by Crippen LogP contribution is -2.38. The van der Waals surface area contributed by atoms with Crippen LogP contribution >= 0.6 is 12.4 Å². The number of amides is 1. The minimum absolute atomic E-state index is 0. The number of rotatable bonds is 9. The Morgan fingerprint density at radius 2 is 1.90 bits per heavy atom. The molecule has 5 heteroatoms. The zero-order chi connectivity index (χ0) is 14.0. The topological polar surface area (TPSA) is 64.3 Å². The van der Waals surface area contributed by atoms with Gasteiger partial charge in [-0.05, 0) is 44.1 Å². The average molecular weight is 307 g/mol. The Bertz CT molecular complexity index is 256. The summed E-state index contributed by atoms with van der Waals surface area (Å²) in [5.41, 5.74) is 5.98. The molecule has 1 aliphatic carbocycles. The third kappa shape index (κ3) is 7.46. The van der Waals surface area contributed by atoms with E-state index >= 15 is 0 Å². The van der Waals surface area contributed by atoms with Crippen LogP contribution in [0.5, 0.6) is 0 Å². The van der Waals surface area contributed by atoms with Gasteiger partial charge in [0.1, 0.15) is 0 Å². The normalized spacial score (nSPS) is 17.3. The van der Waals surface area contributed by atoms with Gasteiger partial charge in [-0.25, -0.2) is 0 Å². The summed E-state index contributed by atoms with van der Waals surface area (Å²) in [6, 6.07) is 0. The van der Waals surface area contributed by atoms with E-state index in [0.717, 1.165) is 45.3 Å². The molecule has 0 aromatic heterocycles. The minimum atomic E-state index is 0. The van der Waals surface area contributed by atoms with Crippen molar-refractivity contribution in [1.29, 1.82) is 0 Å². The Kier molecular flexibility index (Phi) is 11.2. The minimum Gasteiger partial charge on any atom is -0.385 e. The monoisotopic (exact) mass is 306 g/mol. The predicted octanol–water partition coefficient (Wildman–Crippen LogP) is 2.64. The number of halogens is 1. The largest absolute Gasteiger partial charge is 0.385 e. The van der Waals surface area contributed by atoms with E-state index in [1.807, 2.05) is 0 Å². The number of carbonyl (C=O) groups is 1. The van der Waals surface area contributed by atoms with Crippen molar-refractivity contribution < 1.29 is 9.53 Å². The molecule has 4 nitrogen and oxygen atoms in total. The smallest absolute Gasteiger partial charge is 0.220 e. The maximum absolute atomic E-state index is 12.0. The average Bonchev–Trinajstić information content (AvgIpc) is 2.43. The summed E-state index contributed by atoms with van der Waals surface area (Å²) < 4.78 is 5.00. The number of hydrogen-bond acceptors (Lipinski definition) is 3. The van der Waals surface area contributed by atoms with Crippen LogP contribution in [-0.2, 0) is 9.53 Å². The first kappa shape index (κ1) is 19.7. The van der Waals surface area contributed by atoms with E-state index in [2.05, 4.69) is 5.32 Å².